The van der Waals surface area contributed by atoms with Gasteiger partial charge in [-0.05, 0) is 37.3 Å². The number of benzene rings is 3. The molecule has 4 rings (SSSR count). The number of aryl methyl sites for hydroxylation is 1. The van der Waals surface area contributed by atoms with Gasteiger partial charge in [0.25, 0.3) is 5.91 Å². The second kappa shape index (κ2) is 10.8. The van der Waals surface area contributed by atoms with Crippen molar-refractivity contribution in [3.05, 3.63) is 77.9 Å². The van der Waals surface area contributed by atoms with Crippen molar-refractivity contribution in [1.29, 1.82) is 0 Å². The van der Waals surface area contributed by atoms with E-state index >= 15 is 0 Å². The smallest absolute Gasteiger partial charge is 0.255 e. The molecule has 0 bridgehead atoms. The van der Waals surface area contributed by atoms with Crippen LogP contribution in [0.25, 0.3) is 33.4 Å². The molecule has 194 valence electrons. The molecule has 0 unspecified atom stereocenters. The van der Waals surface area contributed by atoms with Gasteiger partial charge in [0, 0.05) is 36.2 Å². The Kier molecular flexibility index (Phi) is 7.73. The number of nitrogens with one attached hydrogen (secondary N) is 1. The normalized spacial score (nSPS) is 11.7. The predicted molar refractivity (Wildman–Crippen MR) is 151 cm³/mol. The van der Waals surface area contributed by atoms with Crippen molar-refractivity contribution in [3.8, 4) is 22.5 Å². The van der Waals surface area contributed by atoms with E-state index in [4.69, 9.17) is 4.42 Å². The molecule has 3 aromatic carbocycles. The van der Waals surface area contributed by atoms with Gasteiger partial charge in [0.15, 0.2) is 0 Å². The number of amides is 1. The van der Waals surface area contributed by atoms with Crippen LogP contribution in [0.2, 0.25) is 0 Å². The summed E-state index contributed by atoms with van der Waals surface area (Å²) in [7, 11) is -1.99. The van der Waals surface area contributed by atoms with E-state index < -0.39 is 10.0 Å². The van der Waals surface area contributed by atoms with E-state index in [-0.39, 0.29) is 5.91 Å². The summed E-state index contributed by atoms with van der Waals surface area (Å²) in [5.41, 5.74) is 4.89. The van der Waals surface area contributed by atoms with Gasteiger partial charge in [-0.15, -0.1) is 0 Å². The number of furan rings is 1. The Hall–Kier alpha value is -3.58. The third-order valence-corrected chi connectivity index (χ3v) is 7.65. The highest BCUT2D eigenvalue weighted by Crippen LogP contribution is 2.41. The molecular formula is C30H34N2O4S. The molecule has 0 aliphatic heterocycles. The van der Waals surface area contributed by atoms with E-state index in [1.807, 2.05) is 67.6 Å². The highest BCUT2D eigenvalue weighted by atomic mass is 32.2. The van der Waals surface area contributed by atoms with Crippen LogP contribution in [-0.4, -0.2) is 34.2 Å². The summed E-state index contributed by atoms with van der Waals surface area (Å²) in [4.78, 5) is 13.1. The van der Waals surface area contributed by atoms with Crippen LogP contribution in [0.3, 0.4) is 0 Å². The molecule has 0 atom stereocenters. The minimum atomic E-state index is -3.58. The summed E-state index contributed by atoms with van der Waals surface area (Å²) in [6.07, 6.45) is 2.87. The maximum absolute atomic E-state index is 13.1. The standard InChI is InChI=1S/C30H34N2O4S/c1-20(2)10-9-17-32(37(5,34)35)26-19-27-25(18-24(26)22-11-7-6-8-12-22)28(30(33)31-4)29(36-27)23-15-13-21(3)14-16-23/h6-8,11-16,18-20H,9-10,17H2,1-5H3,(H,31,33). The van der Waals surface area contributed by atoms with Crippen LogP contribution in [0, 0.1) is 12.8 Å². The quantitative estimate of drug-likeness (QED) is 0.269. The summed E-state index contributed by atoms with van der Waals surface area (Å²) in [6, 6.07) is 21.1. The van der Waals surface area contributed by atoms with Crippen molar-refractivity contribution in [2.45, 2.75) is 33.6 Å². The van der Waals surface area contributed by atoms with Gasteiger partial charge < -0.3 is 9.73 Å². The van der Waals surface area contributed by atoms with E-state index in [2.05, 4.69) is 19.2 Å². The monoisotopic (exact) mass is 518 g/mol. The summed E-state index contributed by atoms with van der Waals surface area (Å²) in [6.45, 7) is 6.61. The lowest BCUT2D eigenvalue weighted by Crippen LogP contribution is -2.31. The molecule has 4 aromatic rings. The lowest BCUT2D eigenvalue weighted by Gasteiger charge is -2.25. The molecule has 0 aliphatic rings. The van der Waals surface area contributed by atoms with Crippen molar-refractivity contribution in [1.82, 2.24) is 5.32 Å². The summed E-state index contributed by atoms with van der Waals surface area (Å²) >= 11 is 0. The lowest BCUT2D eigenvalue weighted by atomic mass is 9.98. The van der Waals surface area contributed by atoms with Crippen molar-refractivity contribution in [2.24, 2.45) is 5.92 Å². The number of hydrogen-bond donors (Lipinski definition) is 1. The molecule has 0 saturated heterocycles. The first-order chi connectivity index (χ1) is 17.6. The SMILES string of the molecule is CNC(=O)c1c(-c2ccc(C)cc2)oc2cc(N(CCCC(C)C)S(C)(=O)=O)c(-c3ccccc3)cc12. The maximum Gasteiger partial charge on any atom is 0.255 e. The molecule has 6 nitrogen and oxygen atoms in total. The van der Waals surface area contributed by atoms with Crippen LogP contribution in [0.5, 0.6) is 0 Å². The molecule has 7 heteroatoms. The third-order valence-electron chi connectivity index (χ3n) is 6.47. The molecule has 1 amide bonds. The van der Waals surface area contributed by atoms with Crippen molar-refractivity contribution >= 4 is 32.6 Å². The Balaban J connectivity index is 2.01. The topological polar surface area (TPSA) is 79.6 Å². The number of carbonyl (C=O) groups is 1. The minimum absolute atomic E-state index is 0.266. The number of fused-ring (bicyclic) bond motifs is 1. The fourth-order valence-electron chi connectivity index (χ4n) is 4.55. The number of hydrogen-bond acceptors (Lipinski definition) is 4. The largest absolute Gasteiger partial charge is 0.455 e. The number of anilines is 1. The predicted octanol–water partition coefficient (Wildman–Crippen LogP) is 6.64. The van der Waals surface area contributed by atoms with Crippen LogP contribution in [0.1, 0.15) is 42.6 Å². The molecule has 0 fully saturated rings. The van der Waals surface area contributed by atoms with Gasteiger partial charge in [0.05, 0.1) is 17.5 Å². The first-order valence-electron chi connectivity index (χ1n) is 12.5. The van der Waals surface area contributed by atoms with E-state index in [0.29, 0.717) is 40.4 Å². The molecule has 1 N–H and O–H groups in total. The molecule has 0 radical (unpaired) electrons. The van der Waals surface area contributed by atoms with Gasteiger partial charge in [0.1, 0.15) is 11.3 Å². The van der Waals surface area contributed by atoms with Crippen molar-refractivity contribution < 1.29 is 17.6 Å². The van der Waals surface area contributed by atoms with Crippen molar-refractivity contribution in [2.75, 3.05) is 24.2 Å². The number of sulfonamides is 1. The molecule has 37 heavy (non-hydrogen) atoms. The van der Waals surface area contributed by atoms with Gasteiger partial charge >= 0.3 is 0 Å². The second-order valence-corrected chi connectivity index (χ2v) is 11.8. The Labute approximate surface area is 219 Å². The Morgan fingerprint density at radius 1 is 1.00 bits per heavy atom. The first kappa shape index (κ1) is 26.5. The van der Waals surface area contributed by atoms with Gasteiger partial charge in [-0.25, -0.2) is 8.42 Å². The highest BCUT2D eigenvalue weighted by Gasteiger charge is 2.27. The molecule has 0 aliphatic carbocycles. The van der Waals surface area contributed by atoms with Crippen molar-refractivity contribution in [3.63, 3.8) is 0 Å². The average Bonchev–Trinajstić information content (AvgIpc) is 3.24. The Morgan fingerprint density at radius 3 is 2.27 bits per heavy atom. The van der Waals surface area contributed by atoms with E-state index in [1.54, 1.807) is 13.1 Å². The van der Waals surface area contributed by atoms with Gasteiger partial charge in [-0.2, -0.15) is 0 Å². The lowest BCUT2D eigenvalue weighted by molar-refractivity contribution is 0.0964. The fraction of sp³-hybridized carbons (Fsp3) is 0.300. The van der Waals surface area contributed by atoms with Crippen LogP contribution in [0.15, 0.2) is 71.1 Å². The second-order valence-electron chi connectivity index (χ2n) is 9.85. The first-order valence-corrected chi connectivity index (χ1v) is 14.4. The van der Waals surface area contributed by atoms with Crippen LogP contribution in [-0.2, 0) is 10.0 Å². The van der Waals surface area contributed by atoms with Gasteiger partial charge in [-0.1, -0.05) is 74.0 Å². The van der Waals surface area contributed by atoms with E-state index in [1.165, 1.54) is 10.6 Å². The van der Waals surface area contributed by atoms with Crippen LogP contribution in [0.4, 0.5) is 5.69 Å². The zero-order valence-electron chi connectivity index (χ0n) is 22.0. The highest BCUT2D eigenvalue weighted by molar-refractivity contribution is 7.92. The number of nitrogens with zero attached hydrogens (tertiary/aromatic N) is 1. The molecule has 1 heterocycles. The molecular weight excluding hydrogens is 484 g/mol. The number of rotatable bonds is 9. The summed E-state index contributed by atoms with van der Waals surface area (Å²) < 4.78 is 33.8. The molecule has 0 spiro atoms. The molecule has 1 aromatic heterocycles. The van der Waals surface area contributed by atoms with Gasteiger partial charge in [-0.3, -0.25) is 9.10 Å². The Bertz CT molecular complexity index is 1500. The maximum atomic E-state index is 13.1. The van der Waals surface area contributed by atoms with E-state index in [0.717, 1.165) is 35.1 Å². The minimum Gasteiger partial charge on any atom is -0.455 e. The summed E-state index contributed by atoms with van der Waals surface area (Å²) in [5, 5.41) is 3.37. The average molecular weight is 519 g/mol. The zero-order chi connectivity index (χ0) is 26.7. The Morgan fingerprint density at radius 2 is 1.68 bits per heavy atom. The number of carbonyl (C=O) groups excluding carboxylic acids is 1. The summed E-state index contributed by atoms with van der Waals surface area (Å²) in [5.74, 6) is 0.656. The van der Waals surface area contributed by atoms with Crippen LogP contribution >= 0.6 is 0 Å². The van der Waals surface area contributed by atoms with Gasteiger partial charge in [0.2, 0.25) is 10.0 Å². The zero-order valence-corrected chi connectivity index (χ0v) is 22.9. The van der Waals surface area contributed by atoms with Crippen LogP contribution < -0.4 is 9.62 Å². The van der Waals surface area contributed by atoms with E-state index in [9.17, 15) is 13.2 Å². The fourth-order valence-corrected chi connectivity index (χ4v) is 5.52. The third kappa shape index (κ3) is 5.72. The molecule has 0 saturated carbocycles.